The number of hydrogen-bond donors (Lipinski definition) is 1. The second kappa shape index (κ2) is 4.69. The molecule has 0 bridgehead atoms. The van der Waals surface area contributed by atoms with Crippen LogP contribution in [0.4, 0.5) is 0 Å². The topological polar surface area (TPSA) is 47.3 Å². The summed E-state index contributed by atoms with van der Waals surface area (Å²) >= 11 is 0. The minimum atomic E-state index is 0.143. The highest BCUT2D eigenvalue weighted by Gasteiger charge is 2.19. The van der Waals surface area contributed by atoms with Gasteiger partial charge in [-0.2, -0.15) is 0 Å². The molecule has 1 aromatic carbocycles. The Balaban J connectivity index is 1.83. The van der Waals surface area contributed by atoms with Crippen molar-refractivity contribution in [1.82, 2.24) is 10.3 Å². The first kappa shape index (κ1) is 10.5. The fourth-order valence-corrected chi connectivity index (χ4v) is 1.91. The Bertz CT molecular complexity index is 475. The second-order valence-electron chi connectivity index (χ2n) is 4.03. The van der Waals surface area contributed by atoms with Gasteiger partial charge in [0.1, 0.15) is 6.26 Å². The third-order valence-corrected chi connectivity index (χ3v) is 2.82. The summed E-state index contributed by atoms with van der Waals surface area (Å²) < 4.78 is 10.9. The summed E-state index contributed by atoms with van der Waals surface area (Å²) in [7, 11) is 0. The average molecular weight is 230 g/mol. The minimum absolute atomic E-state index is 0.143. The summed E-state index contributed by atoms with van der Waals surface area (Å²) in [6.07, 6.45) is 1.70. The lowest BCUT2D eigenvalue weighted by atomic mass is 10.2. The van der Waals surface area contributed by atoms with Crippen molar-refractivity contribution in [2.24, 2.45) is 0 Å². The number of ether oxygens (including phenoxy) is 1. The van der Waals surface area contributed by atoms with Crippen LogP contribution in [-0.4, -0.2) is 24.7 Å². The summed E-state index contributed by atoms with van der Waals surface area (Å²) in [5.41, 5.74) is 1.90. The monoisotopic (exact) mass is 230 g/mol. The van der Waals surface area contributed by atoms with E-state index in [9.17, 15) is 0 Å². The number of rotatable bonds is 2. The van der Waals surface area contributed by atoms with Gasteiger partial charge in [-0.25, -0.2) is 4.98 Å². The molecular weight excluding hydrogens is 216 g/mol. The van der Waals surface area contributed by atoms with Gasteiger partial charge in [-0.05, 0) is 12.1 Å². The number of aromatic nitrogens is 1. The molecule has 0 aliphatic carbocycles. The van der Waals surface area contributed by atoms with Crippen LogP contribution < -0.4 is 5.32 Å². The largest absolute Gasteiger partial charge is 0.444 e. The van der Waals surface area contributed by atoms with Crippen molar-refractivity contribution in [2.75, 3.05) is 19.8 Å². The van der Waals surface area contributed by atoms with Gasteiger partial charge in [-0.3, -0.25) is 0 Å². The standard InChI is InChI=1S/C13H14N2O2/c1-2-4-10(5-3-1)13-15-12(9-17-13)11-8-16-7-6-14-11/h1-5,9,11,14H,6-8H2. The van der Waals surface area contributed by atoms with Gasteiger partial charge in [0.05, 0.1) is 24.9 Å². The SMILES string of the molecule is c1ccc(-c2nc(C3COCCN3)co2)cc1. The molecule has 1 N–H and O–H groups in total. The quantitative estimate of drug-likeness (QED) is 0.857. The molecule has 1 aliphatic rings. The molecule has 17 heavy (non-hydrogen) atoms. The van der Waals surface area contributed by atoms with Crippen LogP contribution in [0, 0.1) is 0 Å². The molecule has 0 saturated carbocycles. The van der Waals surface area contributed by atoms with Crippen LogP contribution in [-0.2, 0) is 4.74 Å². The summed E-state index contributed by atoms with van der Waals surface area (Å²) in [5.74, 6) is 0.660. The lowest BCUT2D eigenvalue weighted by Crippen LogP contribution is -2.34. The fourth-order valence-electron chi connectivity index (χ4n) is 1.91. The lowest BCUT2D eigenvalue weighted by Gasteiger charge is -2.21. The number of oxazole rings is 1. The van der Waals surface area contributed by atoms with Gasteiger partial charge in [-0.1, -0.05) is 18.2 Å². The maximum absolute atomic E-state index is 5.50. The summed E-state index contributed by atoms with van der Waals surface area (Å²) in [6, 6.07) is 10.0. The molecule has 2 heterocycles. The van der Waals surface area contributed by atoms with Gasteiger partial charge >= 0.3 is 0 Å². The third-order valence-electron chi connectivity index (χ3n) is 2.82. The zero-order valence-electron chi connectivity index (χ0n) is 9.43. The van der Waals surface area contributed by atoms with Crippen LogP contribution in [0.25, 0.3) is 11.5 Å². The molecule has 1 unspecified atom stereocenters. The minimum Gasteiger partial charge on any atom is -0.444 e. The molecule has 1 aromatic heterocycles. The number of hydrogen-bond acceptors (Lipinski definition) is 4. The maximum Gasteiger partial charge on any atom is 0.226 e. The van der Waals surface area contributed by atoms with Crippen LogP contribution in [0.3, 0.4) is 0 Å². The Morgan fingerprint density at radius 1 is 1.24 bits per heavy atom. The summed E-state index contributed by atoms with van der Waals surface area (Å²) in [6.45, 7) is 2.28. The molecule has 88 valence electrons. The van der Waals surface area contributed by atoms with Crippen molar-refractivity contribution in [3.8, 4) is 11.5 Å². The Morgan fingerprint density at radius 2 is 2.12 bits per heavy atom. The first-order valence-corrected chi connectivity index (χ1v) is 5.75. The van der Waals surface area contributed by atoms with E-state index in [1.807, 2.05) is 30.3 Å². The van der Waals surface area contributed by atoms with E-state index in [2.05, 4.69) is 10.3 Å². The lowest BCUT2D eigenvalue weighted by molar-refractivity contribution is 0.0756. The molecule has 0 amide bonds. The predicted octanol–water partition coefficient (Wildman–Crippen LogP) is 2.00. The molecule has 1 saturated heterocycles. The maximum atomic E-state index is 5.50. The van der Waals surface area contributed by atoms with Crippen molar-refractivity contribution < 1.29 is 9.15 Å². The normalized spacial score (nSPS) is 20.4. The Morgan fingerprint density at radius 3 is 2.88 bits per heavy atom. The van der Waals surface area contributed by atoms with Crippen molar-refractivity contribution in [1.29, 1.82) is 0 Å². The van der Waals surface area contributed by atoms with Crippen LogP contribution in [0.2, 0.25) is 0 Å². The highest BCUT2D eigenvalue weighted by molar-refractivity contribution is 5.52. The average Bonchev–Trinajstić information content (AvgIpc) is 2.90. The molecule has 4 heteroatoms. The Hall–Kier alpha value is -1.65. The predicted molar refractivity (Wildman–Crippen MR) is 63.5 cm³/mol. The molecule has 1 atom stereocenters. The van der Waals surface area contributed by atoms with Gasteiger partial charge in [-0.15, -0.1) is 0 Å². The molecule has 2 aromatic rings. The number of nitrogens with one attached hydrogen (secondary N) is 1. The van der Waals surface area contributed by atoms with E-state index in [4.69, 9.17) is 9.15 Å². The van der Waals surface area contributed by atoms with Crippen molar-refractivity contribution >= 4 is 0 Å². The molecule has 4 nitrogen and oxygen atoms in total. The second-order valence-corrected chi connectivity index (χ2v) is 4.03. The molecule has 0 radical (unpaired) electrons. The summed E-state index contributed by atoms with van der Waals surface area (Å²) in [5, 5.41) is 3.35. The first-order valence-electron chi connectivity index (χ1n) is 5.75. The fraction of sp³-hybridized carbons (Fsp3) is 0.308. The highest BCUT2D eigenvalue weighted by atomic mass is 16.5. The van der Waals surface area contributed by atoms with E-state index in [0.717, 1.165) is 24.4 Å². The molecule has 3 rings (SSSR count). The van der Waals surface area contributed by atoms with E-state index in [1.54, 1.807) is 6.26 Å². The molecular formula is C13H14N2O2. The first-order chi connectivity index (χ1) is 8.43. The summed E-state index contributed by atoms with van der Waals surface area (Å²) in [4.78, 5) is 4.50. The van der Waals surface area contributed by atoms with E-state index in [0.29, 0.717) is 12.5 Å². The van der Waals surface area contributed by atoms with Gasteiger partial charge in [0.2, 0.25) is 5.89 Å². The van der Waals surface area contributed by atoms with Crippen LogP contribution in [0.15, 0.2) is 41.0 Å². The third kappa shape index (κ3) is 2.23. The van der Waals surface area contributed by atoms with Gasteiger partial charge < -0.3 is 14.5 Å². The van der Waals surface area contributed by atoms with Gasteiger partial charge in [0.15, 0.2) is 0 Å². The smallest absolute Gasteiger partial charge is 0.226 e. The molecule has 1 aliphatic heterocycles. The van der Waals surface area contributed by atoms with Gasteiger partial charge in [0.25, 0.3) is 0 Å². The highest BCUT2D eigenvalue weighted by Crippen LogP contribution is 2.22. The van der Waals surface area contributed by atoms with Gasteiger partial charge in [0, 0.05) is 12.1 Å². The van der Waals surface area contributed by atoms with Crippen LogP contribution in [0.1, 0.15) is 11.7 Å². The number of morpholine rings is 1. The Labute approximate surface area is 99.6 Å². The van der Waals surface area contributed by atoms with Crippen LogP contribution >= 0.6 is 0 Å². The van der Waals surface area contributed by atoms with E-state index < -0.39 is 0 Å². The zero-order valence-corrected chi connectivity index (χ0v) is 9.43. The number of nitrogens with zero attached hydrogens (tertiary/aromatic N) is 1. The van der Waals surface area contributed by atoms with E-state index >= 15 is 0 Å². The van der Waals surface area contributed by atoms with E-state index in [-0.39, 0.29) is 6.04 Å². The van der Waals surface area contributed by atoms with Crippen molar-refractivity contribution in [3.63, 3.8) is 0 Å². The zero-order chi connectivity index (χ0) is 11.5. The molecule has 1 fully saturated rings. The van der Waals surface area contributed by atoms with Crippen LogP contribution in [0.5, 0.6) is 0 Å². The van der Waals surface area contributed by atoms with Crippen molar-refractivity contribution in [3.05, 3.63) is 42.3 Å². The van der Waals surface area contributed by atoms with Crippen molar-refractivity contribution in [2.45, 2.75) is 6.04 Å². The molecule has 0 spiro atoms. The number of benzene rings is 1. The van der Waals surface area contributed by atoms with E-state index in [1.165, 1.54) is 0 Å². The Kier molecular flexibility index (Phi) is 2.90.